The van der Waals surface area contributed by atoms with E-state index in [-0.39, 0.29) is 0 Å². The molecule has 0 unspecified atom stereocenters. The molecule has 3 nitrogen and oxygen atoms in total. The van der Waals surface area contributed by atoms with Crippen LogP contribution >= 0.6 is 0 Å². The second-order valence-corrected chi connectivity index (χ2v) is 3.57. The first-order valence-electron chi connectivity index (χ1n) is 5.03. The van der Waals surface area contributed by atoms with Crippen LogP contribution in [-0.4, -0.2) is 5.16 Å². The number of anilines is 1. The molecule has 1 aromatic heterocycles. The predicted octanol–water partition coefficient (Wildman–Crippen LogP) is 2.79. The molecule has 0 saturated carbocycles. The smallest absolute Gasteiger partial charge is 0.171 e. The van der Waals surface area contributed by atoms with E-state index in [9.17, 15) is 0 Å². The van der Waals surface area contributed by atoms with Gasteiger partial charge in [-0.1, -0.05) is 36.3 Å². The summed E-state index contributed by atoms with van der Waals surface area (Å²) < 4.78 is 5.18. The molecule has 1 heterocycles. The molecule has 0 radical (unpaired) electrons. The molecule has 0 bridgehead atoms. The molecule has 0 amide bonds. The van der Waals surface area contributed by atoms with Gasteiger partial charge in [0.1, 0.15) is 0 Å². The first kappa shape index (κ1) is 9.77. The maximum atomic E-state index is 5.63. The lowest BCUT2D eigenvalue weighted by Gasteiger charge is -1.99. The lowest BCUT2D eigenvalue weighted by Crippen LogP contribution is -1.86. The number of nitrogen functional groups attached to an aromatic ring is 1. The highest BCUT2D eigenvalue weighted by molar-refractivity contribution is 5.65. The van der Waals surface area contributed by atoms with E-state index in [1.54, 1.807) is 0 Å². The fourth-order valence-corrected chi connectivity index (χ4v) is 1.51. The van der Waals surface area contributed by atoms with Crippen molar-refractivity contribution in [3.8, 4) is 11.3 Å². The highest BCUT2D eigenvalue weighted by Gasteiger charge is 2.10. The molecule has 2 rings (SSSR count). The van der Waals surface area contributed by atoms with Crippen LogP contribution in [0.15, 0.2) is 28.8 Å². The summed E-state index contributed by atoms with van der Waals surface area (Å²) in [4.78, 5) is 0. The van der Waals surface area contributed by atoms with Crippen molar-refractivity contribution < 1.29 is 4.52 Å². The van der Waals surface area contributed by atoms with Gasteiger partial charge in [0.2, 0.25) is 0 Å². The van der Waals surface area contributed by atoms with E-state index in [1.807, 2.05) is 19.1 Å². The maximum absolute atomic E-state index is 5.63. The Balaban J connectivity index is 2.41. The Bertz CT molecular complexity index is 457. The minimum absolute atomic E-state index is 0.463. The van der Waals surface area contributed by atoms with Crippen molar-refractivity contribution in [2.75, 3.05) is 5.73 Å². The summed E-state index contributed by atoms with van der Waals surface area (Å²) in [6, 6.07) is 8.25. The highest BCUT2D eigenvalue weighted by Crippen LogP contribution is 2.26. The minimum atomic E-state index is 0.463. The van der Waals surface area contributed by atoms with E-state index in [0.717, 1.165) is 23.3 Å². The van der Waals surface area contributed by atoms with Crippen LogP contribution in [0.25, 0.3) is 11.3 Å². The predicted molar refractivity (Wildman–Crippen MR) is 60.5 cm³/mol. The number of nitrogens with zero attached hydrogens (tertiary/aromatic N) is 1. The molecule has 0 aliphatic heterocycles. The van der Waals surface area contributed by atoms with E-state index in [1.165, 1.54) is 5.56 Å². The minimum Gasteiger partial charge on any atom is -0.381 e. The number of benzene rings is 1. The van der Waals surface area contributed by atoms with Gasteiger partial charge in [-0.2, -0.15) is 0 Å². The van der Waals surface area contributed by atoms with Crippen molar-refractivity contribution in [2.45, 2.75) is 20.3 Å². The average Bonchev–Trinajstić information content (AvgIpc) is 2.60. The van der Waals surface area contributed by atoms with Gasteiger partial charge < -0.3 is 10.3 Å². The van der Waals surface area contributed by atoms with Crippen LogP contribution in [-0.2, 0) is 6.42 Å². The monoisotopic (exact) mass is 202 g/mol. The molecule has 0 spiro atoms. The van der Waals surface area contributed by atoms with Crippen molar-refractivity contribution in [3.63, 3.8) is 0 Å². The summed E-state index contributed by atoms with van der Waals surface area (Å²) >= 11 is 0. The van der Waals surface area contributed by atoms with Crippen LogP contribution < -0.4 is 5.73 Å². The van der Waals surface area contributed by atoms with Gasteiger partial charge in [-0.15, -0.1) is 0 Å². The molecule has 0 fully saturated rings. The van der Waals surface area contributed by atoms with Gasteiger partial charge >= 0.3 is 0 Å². The molecule has 15 heavy (non-hydrogen) atoms. The average molecular weight is 202 g/mol. The summed E-state index contributed by atoms with van der Waals surface area (Å²) in [6.45, 7) is 4.04. The highest BCUT2D eigenvalue weighted by atomic mass is 16.5. The van der Waals surface area contributed by atoms with E-state index in [2.05, 4.69) is 24.2 Å². The zero-order valence-corrected chi connectivity index (χ0v) is 8.95. The van der Waals surface area contributed by atoms with Crippen LogP contribution in [0.2, 0.25) is 0 Å². The molecule has 3 heteroatoms. The Kier molecular flexibility index (Phi) is 2.46. The largest absolute Gasteiger partial charge is 0.381 e. The SMILES string of the molecule is CCc1ccc(-c2onc(N)c2C)cc1. The van der Waals surface area contributed by atoms with Crippen LogP contribution in [0.4, 0.5) is 5.82 Å². The Hall–Kier alpha value is -1.77. The van der Waals surface area contributed by atoms with Gasteiger partial charge in [-0.25, -0.2) is 0 Å². The van der Waals surface area contributed by atoms with Crippen LogP contribution in [0.3, 0.4) is 0 Å². The fraction of sp³-hybridized carbons (Fsp3) is 0.250. The van der Waals surface area contributed by atoms with Crippen molar-refractivity contribution in [1.29, 1.82) is 0 Å². The normalized spacial score (nSPS) is 10.5. The molecular formula is C12H14N2O. The van der Waals surface area contributed by atoms with Gasteiger partial charge in [-0.3, -0.25) is 0 Å². The number of nitrogens with two attached hydrogens (primary N) is 1. The molecule has 2 aromatic rings. The number of aryl methyl sites for hydroxylation is 1. The summed E-state index contributed by atoms with van der Waals surface area (Å²) in [5.41, 5.74) is 8.86. The van der Waals surface area contributed by atoms with Gasteiger partial charge in [0, 0.05) is 11.1 Å². The summed E-state index contributed by atoms with van der Waals surface area (Å²) in [6.07, 6.45) is 1.04. The van der Waals surface area contributed by atoms with Gasteiger partial charge in [0.05, 0.1) is 0 Å². The molecule has 78 valence electrons. The van der Waals surface area contributed by atoms with E-state index in [4.69, 9.17) is 10.3 Å². The first-order chi connectivity index (χ1) is 7.22. The van der Waals surface area contributed by atoms with Crippen LogP contribution in [0, 0.1) is 6.92 Å². The molecule has 0 atom stereocenters. The van der Waals surface area contributed by atoms with E-state index in [0.29, 0.717) is 5.82 Å². The zero-order valence-electron chi connectivity index (χ0n) is 8.95. The first-order valence-corrected chi connectivity index (χ1v) is 5.03. The third kappa shape index (κ3) is 1.73. The van der Waals surface area contributed by atoms with E-state index < -0.39 is 0 Å². The molecular weight excluding hydrogens is 188 g/mol. The van der Waals surface area contributed by atoms with Gasteiger partial charge in [0.25, 0.3) is 0 Å². The van der Waals surface area contributed by atoms with Crippen molar-refractivity contribution >= 4 is 5.82 Å². The molecule has 0 aliphatic carbocycles. The Labute approximate surface area is 88.9 Å². The molecule has 0 aliphatic rings. The topological polar surface area (TPSA) is 52.0 Å². The second-order valence-electron chi connectivity index (χ2n) is 3.57. The number of rotatable bonds is 2. The molecule has 1 aromatic carbocycles. The maximum Gasteiger partial charge on any atom is 0.171 e. The Morgan fingerprint density at radius 3 is 2.40 bits per heavy atom. The van der Waals surface area contributed by atoms with Crippen molar-refractivity contribution in [3.05, 3.63) is 35.4 Å². The Morgan fingerprint density at radius 1 is 1.27 bits per heavy atom. The summed E-state index contributed by atoms with van der Waals surface area (Å²) in [7, 11) is 0. The quantitative estimate of drug-likeness (QED) is 0.814. The summed E-state index contributed by atoms with van der Waals surface area (Å²) in [5.74, 6) is 1.22. The summed E-state index contributed by atoms with van der Waals surface area (Å²) in [5, 5.41) is 3.74. The van der Waals surface area contributed by atoms with Crippen molar-refractivity contribution in [1.82, 2.24) is 5.16 Å². The number of hydrogen-bond acceptors (Lipinski definition) is 3. The standard InChI is InChI=1S/C12H14N2O/c1-3-9-4-6-10(7-5-9)11-8(2)12(13)14-15-11/h4-7H,3H2,1-2H3,(H2,13,14). The third-order valence-electron chi connectivity index (χ3n) is 2.58. The van der Waals surface area contributed by atoms with Crippen LogP contribution in [0.1, 0.15) is 18.1 Å². The van der Waals surface area contributed by atoms with Gasteiger partial charge in [-0.05, 0) is 18.9 Å². The lowest BCUT2D eigenvalue weighted by atomic mass is 10.1. The molecule has 0 saturated heterocycles. The fourth-order valence-electron chi connectivity index (χ4n) is 1.51. The van der Waals surface area contributed by atoms with Gasteiger partial charge in [0.15, 0.2) is 11.6 Å². The number of hydrogen-bond donors (Lipinski definition) is 1. The second kappa shape index (κ2) is 3.77. The lowest BCUT2D eigenvalue weighted by molar-refractivity contribution is 0.435. The molecule has 2 N–H and O–H groups in total. The van der Waals surface area contributed by atoms with Crippen LogP contribution in [0.5, 0.6) is 0 Å². The zero-order chi connectivity index (χ0) is 10.8. The number of aromatic nitrogens is 1. The third-order valence-corrected chi connectivity index (χ3v) is 2.58. The Morgan fingerprint density at radius 2 is 1.93 bits per heavy atom. The van der Waals surface area contributed by atoms with E-state index >= 15 is 0 Å². The van der Waals surface area contributed by atoms with Crippen molar-refractivity contribution in [2.24, 2.45) is 0 Å².